The average Bonchev–Trinajstić information content (AvgIpc) is 3.14. The Labute approximate surface area is 213 Å². The number of hydrogen-bond donors (Lipinski definition) is 4. The molecule has 0 heterocycles. The summed E-state index contributed by atoms with van der Waals surface area (Å²) in [5, 5.41) is 40.4. The van der Waals surface area contributed by atoms with E-state index < -0.39 is 23.9 Å². The van der Waals surface area contributed by atoms with E-state index in [2.05, 4.69) is 32.1 Å². The highest BCUT2D eigenvalue weighted by atomic mass is 16.5. The molecule has 0 spiro atoms. The van der Waals surface area contributed by atoms with E-state index in [4.69, 9.17) is 9.84 Å². The van der Waals surface area contributed by atoms with Gasteiger partial charge in [-0.05, 0) is 99.2 Å². The molecule has 1 saturated carbocycles. The van der Waals surface area contributed by atoms with E-state index in [0.29, 0.717) is 42.6 Å². The molecule has 200 valence electrons. The van der Waals surface area contributed by atoms with E-state index in [1.165, 1.54) is 31.3 Å². The van der Waals surface area contributed by atoms with Crippen molar-refractivity contribution in [2.45, 2.75) is 116 Å². The smallest absolute Gasteiger partial charge is 0.113 e. The van der Waals surface area contributed by atoms with Crippen LogP contribution >= 0.6 is 0 Å². The number of rotatable bonds is 11. The largest absolute Gasteiger partial charge is 0.396 e. The fraction of sp³-hybridized carbons (Fsp3) is 0.800. The lowest BCUT2D eigenvalue weighted by molar-refractivity contribution is -0.0958. The number of aliphatic hydroxyl groups is 4. The fourth-order valence-corrected chi connectivity index (χ4v) is 7.07. The van der Waals surface area contributed by atoms with Crippen molar-refractivity contribution < 1.29 is 25.2 Å². The summed E-state index contributed by atoms with van der Waals surface area (Å²) >= 11 is 0. The van der Waals surface area contributed by atoms with E-state index in [1.807, 2.05) is 20.8 Å². The van der Waals surface area contributed by atoms with Gasteiger partial charge in [-0.3, -0.25) is 0 Å². The van der Waals surface area contributed by atoms with Crippen LogP contribution in [0.5, 0.6) is 0 Å². The molecule has 35 heavy (non-hydrogen) atoms. The van der Waals surface area contributed by atoms with Crippen LogP contribution in [0.2, 0.25) is 0 Å². The Morgan fingerprint density at radius 2 is 1.94 bits per heavy atom. The minimum absolute atomic E-state index is 0.0391. The zero-order chi connectivity index (χ0) is 25.8. The molecular formula is C30H50O5. The van der Waals surface area contributed by atoms with Gasteiger partial charge in [-0.15, -0.1) is 0 Å². The topological polar surface area (TPSA) is 90.2 Å². The van der Waals surface area contributed by atoms with Gasteiger partial charge in [0.2, 0.25) is 0 Å². The van der Waals surface area contributed by atoms with Crippen molar-refractivity contribution in [1.29, 1.82) is 0 Å². The van der Waals surface area contributed by atoms with Crippen molar-refractivity contribution in [3.8, 4) is 0 Å². The Morgan fingerprint density at radius 1 is 1.20 bits per heavy atom. The normalized spacial score (nSPS) is 34.9. The molecular weight excluding hydrogens is 440 g/mol. The summed E-state index contributed by atoms with van der Waals surface area (Å²) in [6, 6.07) is 0. The minimum Gasteiger partial charge on any atom is -0.396 e. The molecule has 3 rings (SSSR count). The lowest BCUT2D eigenvalue weighted by atomic mass is 9.62. The third-order valence-electron chi connectivity index (χ3n) is 9.17. The maximum Gasteiger partial charge on any atom is 0.113 e. The van der Waals surface area contributed by atoms with Crippen LogP contribution < -0.4 is 0 Å². The van der Waals surface area contributed by atoms with E-state index in [-0.39, 0.29) is 6.61 Å². The molecule has 0 aliphatic heterocycles. The molecule has 0 radical (unpaired) electrons. The van der Waals surface area contributed by atoms with Crippen molar-refractivity contribution in [3.05, 3.63) is 34.9 Å². The Bertz CT molecular complexity index is 791. The van der Waals surface area contributed by atoms with Crippen LogP contribution in [0.25, 0.3) is 0 Å². The summed E-state index contributed by atoms with van der Waals surface area (Å²) < 4.78 is 5.67. The SMILES string of the molecule is CC1=C(/C=C/C2=CCC[C@@]3(C)[C@@H]2CC[C@@H]3[C@H](C)CCCC(C)(C)O)C[C@@H](O)C(OCCCO)[C@@H]1O. The van der Waals surface area contributed by atoms with Crippen molar-refractivity contribution in [2.24, 2.45) is 23.2 Å². The van der Waals surface area contributed by atoms with Gasteiger partial charge in [-0.25, -0.2) is 0 Å². The number of fused-ring (bicyclic) bond motifs is 1. The number of aliphatic hydroxyl groups excluding tert-OH is 3. The summed E-state index contributed by atoms with van der Waals surface area (Å²) in [6.45, 7) is 11.0. The van der Waals surface area contributed by atoms with Gasteiger partial charge < -0.3 is 25.2 Å². The van der Waals surface area contributed by atoms with Crippen LogP contribution in [-0.4, -0.2) is 57.6 Å². The number of ether oxygens (including phenoxy) is 1. The van der Waals surface area contributed by atoms with Gasteiger partial charge in [0.05, 0.1) is 11.7 Å². The van der Waals surface area contributed by atoms with Crippen LogP contribution in [0.1, 0.15) is 92.4 Å². The van der Waals surface area contributed by atoms with Crippen molar-refractivity contribution in [2.75, 3.05) is 13.2 Å². The Balaban J connectivity index is 1.66. The van der Waals surface area contributed by atoms with Crippen molar-refractivity contribution in [1.82, 2.24) is 0 Å². The first-order valence-electron chi connectivity index (χ1n) is 13.9. The molecule has 1 fully saturated rings. The lowest BCUT2D eigenvalue weighted by Gasteiger charge is -2.43. The third-order valence-corrected chi connectivity index (χ3v) is 9.17. The Hall–Kier alpha value is -0.980. The Morgan fingerprint density at radius 3 is 2.63 bits per heavy atom. The van der Waals surface area contributed by atoms with Crippen LogP contribution in [0, 0.1) is 23.2 Å². The molecule has 4 N–H and O–H groups in total. The van der Waals surface area contributed by atoms with Gasteiger partial charge in [0.15, 0.2) is 0 Å². The third kappa shape index (κ3) is 6.87. The molecule has 0 aromatic rings. The summed E-state index contributed by atoms with van der Waals surface area (Å²) in [4.78, 5) is 0. The molecule has 0 saturated heterocycles. The van der Waals surface area contributed by atoms with Gasteiger partial charge in [0.25, 0.3) is 0 Å². The first-order valence-corrected chi connectivity index (χ1v) is 13.9. The quantitative estimate of drug-likeness (QED) is 0.303. The van der Waals surface area contributed by atoms with Crippen LogP contribution in [0.4, 0.5) is 0 Å². The van der Waals surface area contributed by atoms with Gasteiger partial charge in [-0.1, -0.05) is 44.9 Å². The maximum absolute atomic E-state index is 10.8. The van der Waals surface area contributed by atoms with Gasteiger partial charge in [0.1, 0.15) is 12.2 Å². The van der Waals surface area contributed by atoms with Crippen molar-refractivity contribution >= 4 is 0 Å². The monoisotopic (exact) mass is 490 g/mol. The predicted octanol–water partition coefficient (Wildman–Crippen LogP) is 5.08. The summed E-state index contributed by atoms with van der Waals surface area (Å²) in [5.41, 5.74) is 3.00. The average molecular weight is 491 g/mol. The highest BCUT2D eigenvalue weighted by Gasteiger charge is 2.49. The standard InChI is InChI=1S/C30H50O5/c1-20(9-6-15-29(3,4)34)24-13-14-25-22(10-7-16-30(24,25)5)11-12-23-19-26(32)28(27(33)21(23)2)35-18-8-17-31/h10-12,20,24-28,31-34H,6-9,13-19H2,1-5H3/b12-11+/t20-,24-,25-,26-,27-,28?,30-/m1/s1. The van der Waals surface area contributed by atoms with Crippen LogP contribution in [-0.2, 0) is 4.74 Å². The molecule has 3 aliphatic carbocycles. The zero-order valence-electron chi connectivity index (χ0n) is 22.7. The molecule has 7 atom stereocenters. The second-order valence-corrected chi connectivity index (χ2v) is 12.3. The van der Waals surface area contributed by atoms with Gasteiger partial charge in [-0.2, -0.15) is 0 Å². The molecule has 0 aromatic carbocycles. The van der Waals surface area contributed by atoms with Gasteiger partial charge >= 0.3 is 0 Å². The summed E-state index contributed by atoms with van der Waals surface area (Å²) in [5.74, 6) is 1.93. The Kier molecular flexibility index (Phi) is 9.84. The molecule has 0 bridgehead atoms. The second kappa shape index (κ2) is 12.0. The molecule has 3 aliphatic rings. The van der Waals surface area contributed by atoms with Gasteiger partial charge in [0, 0.05) is 19.6 Å². The fourth-order valence-electron chi connectivity index (χ4n) is 7.07. The number of hydrogen-bond acceptors (Lipinski definition) is 5. The highest BCUT2D eigenvalue weighted by molar-refractivity contribution is 5.38. The van der Waals surface area contributed by atoms with Crippen LogP contribution in [0.3, 0.4) is 0 Å². The zero-order valence-corrected chi connectivity index (χ0v) is 22.7. The first kappa shape index (κ1) is 28.6. The first-order chi connectivity index (χ1) is 16.5. The lowest BCUT2D eigenvalue weighted by Crippen LogP contribution is -2.44. The predicted molar refractivity (Wildman–Crippen MR) is 141 cm³/mol. The minimum atomic E-state index is -0.830. The molecule has 5 heteroatoms. The molecule has 1 unspecified atom stereocenters. The van der Waals surface area contributed by atoms with Crippen molar-refractivity contribution in [3.63, 3.8) is 0 Å². The van der Waals surface area contributed by atoms with E-state index >= 15 is 0 Å². The maximum atomic E-state index is 10.8. The van der Waals surface area contributed by atoms with E-state index in [9.17, 15) is 15.3 Å². The highest BCUT2D eigenvalue weighted by Crippen LogP contribution is 2.58. The summed E-state index contributed by atoms with van der Waals surface area (Å²) in [7, 11) is 0. The molecule has 0 amide bonds. The molecule has 0 aromatic heterocycles. The summed E-state index contributed by atoms with van der Waals surface area (Å²) in [6.07, 6.45) is 13.4. The second-order valence-electron chi connectivity index (χ2n) is 12.3. The van der Waals surface area contributed by atoms with E-state index in [0.717, 1.165) is 30.4 Å². The number of allylic oxidation sites excluding steroid dienone is 4. The molecule has 5 nitrogen and oxygen atoms in total. The van der Waals surface area contributed by atoms with E-state index in [1.54, 1.807) is 0 Å². The van der Waals surface area contributed by atoms with Crippen LogP contribution in [0.15, 0.2) is 34.9 Å².